The molecule has 2 aromatic rings. The SMILES string of the molecule is CC(C)(C)OC(=O)NC(CN(c1ccccc1)c1ncccn1)C(=O)O. The molecular formula is C18H22N4O4. The number of amides is 1. The number of carboxylic acid groups (broad SMARTS) is 1. The third kappa shape index (κ3) is 5.73. The Hall–Kier alpha value is -3.16. The molecule has 0 aliphatic heterocycles. The highest BCUT2D eigenvalue weighted by Gasteiger charge is 2.27. The molecule has 1 amide bonds. The molecule has 2 rings (SSSR count). The zero-order valence-electron chi connectivity index (χ0n) is 14.9. The molecule has 0 saturated heterocycles. The molecule has 8 nitrogen and oxygen atoms in total. The van der Waals surface area contributed by atoms with Crippen LogP contribution in [-0.2, 0) is 9.53 Å². The van der Waals surface area contributed by atoms with Crippen LogP contribution in [0.2, 0.25) is 0 Å². The van der Waals surface area contributed by atoms with Gasteiger partial charge in [-0.2, -0.15) is 0 Å². The number of aromatic nitrogens is 2. The second-order valence-corrected chi connectivity index (χ2v) is 6.53. The normalized spacial score (nSPS) is 12.1. The van der Waals surface area contributed by atoms with E-state index in [1.54, 1.807) is 44.1 Å². The highest BCUT2D eigenvalue weighted by atomic mass is 16.6. The third-order valence-corrected chi connectivity index (χ3v) is 3.22. The Bertz CT molecular complexity index is 692. The molecule has 0 aliphatic carbocycles. The monoisotopic (exact) mass is 358 g/mol. The van der Waals surface area contributed by atoms with Crippen LogP contribution < -0.4 is 10.2 Å². The van der Waals surface area contributed by atoms with Gasteiger partial charge in [0.05, 0.1) is 6.54 Å². The lowest BCUT2D eigenvalue weighted by Gasteiger charge is -2.27. The molecule has 2 N–H and O–H groups in total. The molecule has 0 aliphatic rings. The van der Waals surface area contributed by atoms with Crippen molar-refractivity contribution in [2.45, 2.75) is 32.4 Å². The van der Waals surface area contributed by atoms with E-state index in [4.69, 9.17) is 4.74 Å². The van der Waals surface area contributed by atoms with Gasteiger partial charge in [-0.15, -0.1) is 0 Å². The summed E-state index contributed by atoms with van der Waals surface area (Å²) in [5, 5.41) is 11.9. The zero-order valence-corrected chi connectivity index (χ0v) is 14.9. The van der Waals surface area contributed by atoms with Crippen LogP contribution in [0.5, 0.6) is 0 Å². The van der Waals surface area contributed by atoms with Crippen molar-refractivity contribution in [3.63, 3.8) is 0 Å². The zero-order chi connectivity index (χ0) is 19.2. The minimum Gasteiger partial charge on any atom is -0.480 e. The number of hydrogen-bond donors (Lipinski definition) is 2. The molecule has 1 atom stereocenters. The fourth-order valence-corrected chi connectivity index (χ4v) is 2.16. The van der Waals surface area contributed by atoms with Gasteiger partial charge in [0.15, 0.2) is 0 Å². The van der Waals surface area contributed by atoms with Gasteiger partial charge < -0.3 is 20.1 Å². The van der Waals surface area contributed by atoms with E-state index >= 15 is 0 Å². The van der Waals surface area contributed by atoms with E-state index in [9.17, 15) is 14.7 Å². The van der Waals surface area contributed by atoms with Gasteiger partial charge in [0.1, 0.15) is 11.6 Å². The molecule has 1 aromatic heterocycles. The van der Waals surface area contributed by atoms with Crippen LogP contribution in [-0.4, -0.2) is 45.3 Å². The quantitative estimate of drug-likeness (QED) is 0.818. The number of rotatable bonds is 6. The average Bonchev–Trinajstić information content (AvgIpc) is 2.58. The summed E-state index contributed by atoms with van der Waals surface area (Å²) in [4.78, 5) is 33.6. The van der Waals surface area contributed by atoms with Gasteiger partial charge in [-0.05, 0) is 39.0 Å². The van der Waals surface area contributed by atoms with Gasteiger partial charge in [-0.25, -0.2) is 19.6 Å². The van der Waals surface area contributed by atoms with Crippen molar-refractivity contribution in [3.8, 4) is 0 Å². The van der Waals surface area contributed by atoms with Crippen LogP contribution in [0, 0.1) is 0 Å². The number of anilines is 2. The van der Waals surface area contributed by atoms with Gasteiger partial charge in [0.25, 0.3) is 0 Å². The molecule has 138 valence electrons. The molecule has 26 heavy (non-hydrogen) atoms. The van der Waals surface area contributed by atoms with Crippen molar-refractivity contribution >= 4 is 23.7 Å². The van der Waals surface area contributed by atoms with Crippen molar-refractivity contribution in [2.24, 2.45) is 0 Å². The number of alkyl carbamates (subject to hydrolysis) is 1. The van der Waals surface area contributed by atoms with E-state index in [1.165, 1.54) is 0 Å². The average molecular weight is 358 g/mol. The topological polar surface area (TPSA) is 105 Å². The smallest absolute Gasteiger partial charge is 0.408 e. The number of ether oxygens (including phenoxy) is 1. The Kier molecular flexibility index (Phi) is 6.11. The van der Waals surface area contributed by atoms with Crippen LogP contribution in [0.25, 0.3) is 0 Å². The number of nitrogens with one attached hydrogen (secondary N) is 1. The van der Waals surface area contributed by atoms with Crippen LogP contribution in [0.3, 0.4) is 0 Å². The van der Waals surface area contributed by atoms with Crippen molar-refractivity contribution in [1.82, 2.24) is 15.3 Å². The van der Waals surface area contributed by atoms with Gasteiger partial charge in [-0.1, -0.05) is 18.2 Å². The number of nitrogens with zero attached hydrogens (tertiary/aromatic N) is 3. The number of hydrogen-bond acceptors (Lipinski definition) is 6. The second-order valence-electron chi connectivity index (χ2n) is 6.53. The largest absolute Gasteiger partial charge is 0.480 e. The van der Waals surface area contributed by atoms with Gasteiger partial charge >= 0.3 is 12.1 Å². The number of carboxylic acids is 1. The molecule has 1 heterocycles. The summed E-state index contributed by atoms with van der Waals surface area (Å²) in [6, 6.07) is 9.56. The maximum Gasteiger partial charge on any atom is 0.408 e. The summed E-state index contributed by atoms with van der Waals surface area (Å²) in [5.74, 6) is -0.858. The molecule has 0 spiro atoms. The number of para-hydroxylation sites is 1. The molecule has 1 aromatic carbocycles. The molecular weight excluding hydrogens is 336 g/mol. The van der Waals surface area contributed by atoms with E-state index in [2.05, 4.69) is 15.3 Å². The van der Waals surface area contributed by atoms with E-state index in [-0.39, 0.29) is 6.54 Å². The fraction of sp³-hybridized carbons (Fsp3) is 0.333. The number of carbonyl (C=O) groups is 2. The number of carbonyl (C=O) groups excluding carboxylic acids is 1. The summed E-state index contributed by atoms with van der Waals surface area (Å²) >= 11 is 0. The number of benzene rings is 1. The van der Waals surface area contributed by atoms with Crippen LogP contribution >= 0.6 is 0 Å². The summed E-state index contributed by atoms with van der Waals surface area (Å²) in [6.07, 6.45) is 2.33. The van der Waals surface area contributed by atoms with Gasteiger partial charge in [-0.3, -0.25) is 0 Å². The summed E-state index contributed by atoms with van der Waals surface area (Å²) < 4.78 is 5.15. The van der Waals surface area contributed by atoms with E-state index < -0.39 is 23.7 Å². The Morgan fingerprint density at radius 1 is 1.15 bits per heavy atom. The van der Waals surface area contributed by atoms with Crippen molar-refractivity contribution in [3.05, 3.63) is 48.8 Å². The van der Waals surface area contributed by atoms with E-state index in [1.807, 2.05) is 30.3 Å². The maximum absolute atomic E-state index is 12.0. The molecule has 8 heteroatoms. The van der Waals surface area contributed by atoms with Gasteiger partial charge in [0, 0.05) is 18.1 Å². The Morgan fingerprint density at radius 3 is 2.31 bits per heavy atom. The molecule has 0 radical (unpaired) electrons. The highest BCUT2D eigenvalue weighted by molar-refractivity contribution is 5.81. The molecule has 0 fully saturated rings. The van der Waals surface area contributed by atoms with Crippen molar-refractivity contribution < 1.29 is 19.4 Å². The first-order valence-corrected chi connectivity index (χ1v) is 8.08. The van der Waals surface area contributed by atoms with E-state index in [0.717, 1.165) is 0 Å². The predicted octanol–water partition coefficient (Wildman–Crippen LogP) is 2.59. The van der Waals surface area contributed by atoms with Crippen molar-refractivity contribution in [2.75, 3.05) is 11.4 Å². The van der Waals surface area contributed by atoms with Gasteiger partial charge in [0.2, 0.25) is 5.95 Å². The Labute approximate surface area is 151 Å². The lowest BCUT2D eigenvalue weighted by molar-refractivity contribution is -0.139. The fourth-order valence-electron chi connectivity index (χ4n) is 2.16. The molecule has 0 bridgehead atoms. The van der Waals surface area contributed by atoms with Crippen LogP contribution in [0.15, 0.2) is 48.8 Å². The summed E-state index contributed by atoms with van der Waals surface area (Å²) in [5.41, 5.74) is -0.0228. The predicted molar refractivity (Wildman–Crippen MR) is 96.3 cm³/mol. The van der Waals surface area contributed by atoms with E-state index in [0.29, 0.717) is 11.6 Å². The minimum atomic E-state index is -1.21. The maximum atomic E-state index is 12.0. The van der Waals surface area contributed by atoms with Crippen LogP contribution in [0.1, 0.15) is 20.8 Å². The number of aliphatic carboxylic acids is 1. The summed E-state index contributed by atoms with van der Waals surface area (Å²) in [6.45, 7) is 5.05. The highest BCUT2D eigenvalue weighted by Crippen LogP contribution is 2.21. The lowest BCUT2D eigenvalue weighted by Crippen LogP contribution is -2.49. The first kappa shape index (κ1) is 19.2. The first-order valence-electron chi connectivity index (χ1n) is 8.08. The third-order valence-electron chi connectivity index (χ3n) is 3.22. The van der Waals surface area contributed by atoms with Crippen molar-refractivity contribution in [1.29, 1.82) is 0 Å². The molecule has 1 unspecified atom stereocenters. The van der Waals surface area contributed by atoms with Crippen LogP contribution in [0.4, 0.5) is 16.4 Å². The standard InChI is InChI=1S/C18H22N4O4/c1-18(2,3)26-17(25)21-14(15(23)24)12-22(13-8-5-4-6-9-13)16-19-10-7-11-20-16/h4-11,14H,12H2,1-3H3,(H,21,25)(H,23,24). The summed E-state index contributed by atoms with van der Waals surface area (Å²) in [7, 11) is 0. The minimum absolute atomic E-state index is 0.0669. The second kappa shape index (κ2) is 8.28. The molecule has 0 saturated carbocycles. The Morgan fingerprint density at radius 2 is 1.77 bits per heavy atom. The lowest BCUT2D eigenvalue weighted by atomic mass is 10.2. The first-order chi connectivity index (χ1) is 12.3. The Balaban J connectivity index is 2.24.